The van der Waals surface area contributed by atoms with Gasteiger partial charge in [-0.05, 0) is 27.6 Å². The summed E-state index contributed by atoms with van der Waals surface area (Å²) in [5.41, 5.74) is 0.580. The third kappa shape index (κ3) is 5.85. The maximum atomic E-state index is 14.3. The molecule has 2 aliphatic carbocycles. The molecule has 0 amide bonds. The molecule has 0 spiro atoms. The Labute approximate surface area is 255 Å². The lowest BCUT2D eigenvalue weighted by Crippen LogP contribution is -2.50. The van der Waals surface area contributed by atoms with Gasteiger partial charge < -0.3 is 24.1 Å². The van der Waals surface area contributed by atoms with Crippen molar-refractivity contribution in [2.45, 2.75) is 103 Å². The lowest BCUT2D eigenvalue weighted by molar-refractivity contribution is -0.114. The summed E-state index contributed by atoms with van der Waals surface area (Å²) in [6.45, 7) is 29.0. The lowest BCUT2D eigenvalue weighted by Gasteiger charge is -2.51. The number of aliphatic hydroxyl groups excluding tert-OH is 1. The van der Waals surface area contributed by atoms with Crippen LogP contribution in [0.3, 0.4) is 0 Å². The normalized spacial score (nSPS) is 23.4. The minimum absolute atomic E-state index is 0.0716. The molecule has 0 aromatic carbocycles. The first kappa shape index (κ1) is 35.7. The van der Waals surface area contributed by atoms with Crippen molar-refractivity contribution in [3.8, 4) is 0 Å². The van der Waals surface area contributed by atoms with E-state index in [1.54, 1.807) is 28.4 Å². The van der Waals surface area contributed by atoms with Crippen LogP contribution in [0, 0.1) is 33.0 Å². The minimum atomic E-state index is -0.907. The zero-order chi connectivity index (χ0) is 33.0. The molecule has 0 fully saturated rings. The quantitative estimate of drug-likeness (QED) is 0.335. The number of aliphatic hydroxyl groups is 1. The third-order valence-electron chi connectivity index (χ3n) is 8.45. The molecule has 0 aromatic rings. The summed E-state index contributed by atoms with van der Waals surface area (Å²) < 4.78 is 25.0. The Balaban J connectivity index is 3.43. The molecule has 0 heterocycles. The summed E-state index contributed by atoms with van der Waals surface area (Å²) in [7, 11) is 6.55. The second-order valence-electron chi connectivity index (χ2n) is 16.1. The van der Waals surface area contributed by atoms with Crippen molar-refractivity contribution in [1.29, 1.82) is 0 Å². The van der Waals surface area contributed by atoms with Crippen LogP contribution >= 0.6 is 0 Å². The summed E-state index contributed by atoms with van der Waals surface area (Å²) in [4.78, 5) is 14.3. The number of hydrogen-bond acceptors (Lipinski definition) is 6. The zero-order valence-corrected chi connectivity index (χ0v) is 29.7. The highest BCUT2D eigenvalue weighted by Gasteiger charge is 2.57. The largest absolute Gasteiger partial charge is 0.507 e. The Morgan fingerprint density at radius 3 is 1.36 bits per heavy atom. The van der Waals surface area contributed by atoms with E-state index in [0.717, 1.165) is 11.1 Å². The van der Waals surface area contributed by atoms with E-state index in [9.17, 15) is 9.90 Å². The zero-order valence-electron chi connectivity index (χ0n) is 29.7. The van der Waals surface area contributed by atoms with E-state index in [4.69, 9.17) is 18.9 Å². The number of ketones is 1. The smallest absolute Gasteiger partial charge is 0.193 e. The molecule has 1 N–H and O–H groups in total. The average Bonchev–Trinajstić information content (AvgIpc) is 2.80. The maximum absolute atomic E-state index is 14.3. The van der Waals surface area contributed by atoms with Crippen molar-refractivity contribution >= 4 is 5.78 Å². The topological polar surface area (TPSA) is 74.2 Å². The first-order valence-corrected chi connectivity index (χ1v) is 15.0. The van der Waals surface area contributed by atoms with Gasteiger partial charge in [0.1, 0.15) is 23.0 Å². The van der Waals surface area contributed by atoms with Gasteiger partial charge in [-0.1, -0.05) is 103 Å². The Kier molecular flexibility index (Phi) is 9.83. The van der Waals surface area contributed by atoms with Crippen molar-refractivity contribution in [2.75, 3.05) is 28.4 Å². The molecule has 6 nitrogen and oxygen atoms in total. The van der Waals surface area contributed by atoms with Gasteiger partial charge in [-0.25, -0.2) is 0 Å². The second-order valence-corrected chi connectivity index (χ2v) is 16.1. The standard InChI is InChI=1S/C36H58O6/c1-20(2)36(30(41-17)24(34(9,10)11)27(38)25(31(36)42-18)35(12,13)14)19-21-28(39-15)22(32(3,4)5)26(37)23(29(21)40-16)33(6,7)8/h19-20,30,38H,1-18H3/t30?,36-/m0/s1. The average molecular weight is 587 g/mol. The molecule has 0 bridgehead atoms. The van der Waals surface area contributed by atoms with Crippen LogP contribution in [0.25, 0.3) is 0 Å². The van der Waals surface area contributed by atoms with Crippen LogP contribution in [0.4, 0.5) is 0 Å². The molecule has 0 saturated heterocycles. The molecule has 0 aliphatic heterocycles. The van der Waals surface area contributed by atoms with E-state index in [0.29, 0.717) is 34.0 Å². The number of carbonyl (C=O) groups excluding carboxylic acids is 1. The molecule has 2 atom stereocenters. The van der Waals surface area contributed by atoms with Crippen LogP contribution in [0.5, 0.6) is 0 Å². The molecule has 238 valence electrons. The van der Waals surface area contributed by atoms with Gasteiger partial charge in [0, 0.05) is 29.4 Å². The summed E-state index contributed by atoms with van der Waals surface area (Å²) in [5, 5.41) is 12.0. The monoisotopic (exact) mass is 586 g/mol. The van der Waals surface area contributed by atoms with E-state index in [1.807, 2.05) is 41.5 Å². The highest BCUT2D eigenvalue weighted by molar-refractivity contribution is 6.13. The highest BCUT2D eigenvalue weighted by atomic mass is 16.5. The van der Waals surface area contributed by atoms with Gasteiger partial charge in [-0.2, -0.15) is 0 Å². The number of carbonyl (C=O) groups is 1. The van der Waals surface area contributed by atoms with E-state index in [2.05, 4.69) is 61.5 Å². The Morgan fingerprint density at radius 2 is 1.10 bits per heavy atom. The fraction of sp³-hybridized carbons (Fsp3) is 0.694. The minimum Gasteiger partial charge on any atom is -0.507 e. The molecule has 6 heteroatoms. The number of methoxy groups -OCH3 is 4. The molecule has 0 aromatic heterocycles. The summed E-state index contributed by atoms with van der Waals surface area (Å²) in [6.07, 6.45) is 1.55. The van der Waals surface area contributed by atoms with Crippen LogP contribution in [0.15, 0.2) is 57.0 Å². The summed E-state index contributed by atoms with van der Waals surface area (Å²) >= 11 is 0. The lowest BCUT2D eigenvalue weighted by atomic mass is 9.57. The molecular formula is C36H58O6. The number of Topliss-reactive ketones (excluding diaryl/α,β-unsaturated/α-hetero) is 1. The van der Waals surface area contributed by atoms with Crippen molar-refractivity contribution in [2.24, 2.45) is 33.0 Å². The van der Waals surface area contributed by atoms with Gasteiger partial charge >= 0.3 is 0 Å². The molecular weight excluding hydrogens is 528 g/mol. The molecule has 0 radical (unpaired) electrons. The molecule has 1 unspecified atom stereocenters. The summed E-state index contributed by atoms with van der Waals surface area (Å²) in [6, 6.07) is 0. The van der Waals surface area contributed by atoms with Crippen LogP contribution in [-0.4, -0.2) is 45.4 Å². The van der Waals surface area contributed by atoms with Gasteiger partial charge in [0.15, 0.2) is 5.78 Å². The second kappa shape index (κ2) is 11.6. The van der Waals surface area contributed by atoms with Gasteiger partial charge in [-0.3, -0.25) is 4.79 Å². The van der Waals surface area contributed by atoms with Crippen molar-refractivity contribution < 1.29 is 28.8 Å². The van der Waals surface area contributed by atoms with Crippen molar-refractivity contribution in [3.63, 3.8) is 0 Å². The van der Waals surface area contributed by atoms with E-state index in [-0.39, 0.29) is 17.5 Å². The number of ether oxygens (including phenoxy) is 4. The SMILES string of the molecule is COC1=C(C(C)(C)C)C(=O)C(C(C)(C)C)=C(OC)C1=C[C@@]1(C(C)C)C(OC)=C(C(C)(C)C)C(O)=C(C(C)(C)C)C1OC. The van der Waals surface area contributed by atoms with Crippen LogP contribution in [-0.2, 0) is 23.7 Å². The van der Waals surface area contributed by atoms with E-state index >= 15 is 0 Å². The van der Waals surface area contributed by atoms with Crippen molar-refractivity contribution in [3.05, 3.63) is 57.0 Å². The Hall–Kier alpha value is -2.47. The predicted octanol–water partition coefficient (Wildman–Crippen LogP) is 8.86. The van der Waals surface area contributed by atoms with Crippen LogP contribution < -0.4 is 0 Å². The fourth-order valence-corrected chi connectivity index (χ4v) is 6.71. The van der Waals surface area contributed by atoms with Crippen LogP contribution in [0.1, 0.15) is 96.9 Å². The maximum Gasteiger partial charge on any atom is 0.193 e. The molecule has 2 aliphatic rings. The molecule has 0 saturated carbocycles. The Bertz CT molecular complexity index is 1200. The third-order valence-corrected chi connectivity index (χ3v) is 8.45. The Morgan fingerprint density at radius 1 is 0.690 bits per heavy atom. The summed E-state index contributed by atoms with van der Waals surface area (Å²) in [5.74, 6) is 1.66. The van der Waals surface area contributed by atoms with Crippen LogP contribution in [0.2, 0.25) is 0 Å². The predicted molar refractivity (Wildman–Crippen MR) is 171 cm³/mol. The first-order valence-electron chi connectivity index (χ1n) is 15.0. The number of rotatable bonds is 6. The van der Waals surface area contributed by atoms with E-state index in [1.165, 1.54) is 0 Å². The van der Waals surface area contributed by atoms with Gasteiger partial charge in [0.05, 0.1) is 38.4 Å². The first-order chi connectivity index (χ1) is 18.9. The van der Waals surface area contributed by atoms with Gasteiger partial charge in [0.25, 0.3) is 0 Å². The molecule has 2 rings (SSSR count). The highest BCUT2D eigenvalue weighted by Crippen LogP contribution is 2.58. The number of hydrogen-bond donors (Lipinski definition) is 1. The van der Waals surface area contributed by atoms with Gasteiger partial charge in [0.2, 0.25) is 0 Å². The van der Waals surface area contributed by atoms with E-state index < -0.39 is 33.2 Å². The van der Waals surface area contributed by atoms with Gasteiger partial charge in [-0.15, -0.1) is 0 Å². The molecule has 42 heavy (non-hydrogen) atoms. The van der Waals surface area contributed by atoms with Crippen molar-refractivity contribution in [1.82, 2.24) is 0 Å². The number of allylic oxidation sites excluding steroid dienone is 3. The fourth-order valence-electron chi connectivity index (χ4n) is 6.71.